The molecule has 0 unspecified atom stereocenters. The molecule has 1 saturated carbocycles. The monoisotopic (exact) mass is 515 g/mol. The van der Waals surface area contributed by atoms with Crippen molar-refractivity contribution >= 4 is 51.7 Å². The number of halogens is 2. The molecule has 4 rings (SSSR count). The van der Waals surface area contributed by atoms with E-state index in [4.69, 9.17) is 27.9 Å². The van der Waals surface area contributed by atoms with Crippen LogP contribution in [0.15, 0.2) is 65.2 Å². The Morgan fingerprint density at radius 1 is 1.06 bits per heavy atom. The summed E-state index contributed by atoms with van der Waals surface area (Å²) in [6.07, 6.45) is 7.41. The van der Waals surface area contributed by atoms with Gasteiger partial charge in [-0.1, -0.05) is 90.6 Å². The fourth-order valence-electron chi connectivity index (χ4n) is 4.41. The largest absolute Gasteiger partial charge is 0.463 e. The Balaban J connectivity index is 1.80. The molecule has 34 heavy (non-hydrogen) atoms. The number of allylic oxidation sites excluding steroid dienone is 1. The van der Waals surface area contributed by atoms with Gasteiger partial charge in [0, 0.05) is 22.4 Å². The van der Waals surface area contributed by atoms with Crippen LogP contribution in [0.4, 0.5) is 0 Å². The average Bonchev–Trinajstić information content (AvgIpc) is 2.85. The normalized spacial score (nSPS) is 16.7. The number of hydrogen-bond acceptors (Lipinski definition) is 4. The Hall–Kier alpha value is -2.21. The van der Waals surface area contributed by atoms with Gasteiger partial charge in [-0.25, -0.2) is 4.79 Å². The first-order valence-corrected chi connectivity index (χ1v) is 13.2. The standard InChI is InChI=1S/C27H27Cl2NO3S/c1-2-33-27(32)22-15-16-24(18-9-5-3-6-10-18)34-26(22)30(20-11-7-4-8-12-20)25(31)21-14-13-19(28)17-23(21)29/h3,5-6,9-10,13-14,16-17,20H,2,4,7-8,11-12,15H2,1H3. The van der Waals surface area contributed by atoms with Crippen LogP contribution in [0, 0.1) is 0 Å². The Labute approximate surface area is 214 Å². The highest BCUT2D eigenvalue weighted by Gasteiger charge is 2.35. The van der Waals surface area contributed by atoms with E-state index in [2.05, 4.69) is 0 Å². The van der Waals surface area contributed by atoms with Gasteiger partial charge >= 0.3 is 5.97 Å². The first kappa shape index (κ1) is 24.9. The summed E-state index contributed by atoms with van der Waals surface area (Å²) in [5.74, 6) is -0.601. The van der Waals surface area contributed by atoms with Crippen molar-refractivity contribution in [1.29, 1.82) is 0 Å². The molecule has 4 nitrogen and oxygen atoms in total. The number of esters is 1. The van der Waals surface area contributed by atoms with Crippen molar-refractivity contribution in [2.45, 2.75) is 51.5 Å². The van der Waals surface area contributed by atoms with Crippen molar-refractivity contribution in [1.82, 2.24) is 4.90 Å². The molecular formula is C27H27Cl2NO3S. The Morgan fingerprint density at radius 2 is 1.79 bits per heavy atom. The van der Waals surface area contributed by atoms with Gasteiger partial charge in [-0.2, -0.15) is 0 Å². The fraction of sp³-hybridized carbons (Fsp3) is 0.333. The number of benzene rings is 2. The highest BCUT2D eigenvalue weighted by Crippen LogP contribution is 2.45. The molecule has 1 aliphatic carbocycles. The van der Waals surface area contributed by atoms with Crippen LogP contribution < -0.4 is 0 Å². The van der Waals surface area contributed by atoms with Crippen LogP contribution in [-0.4, -0.2) is 29.4 Å². The molecule has 1 fully saturated rings. The van der Waals surface area contributed by atoms with E-state index >= 15 is 0 Å². The number of nitrogens with zero attached hydrogens (tertiary/aromatic N) is 1. The summed E-state index contributed by atoms with van der Waals surface area (Å²) < 4.78 is 5.39. The summed E-state index contributed by atoms with van der Waals surface area (Å²) in [4.78, 5) is 29.8. The average molecular weight is 516 g/mol. The third kappa shape index (κ3) is 5.54. The molecule has 0 spiro atoms. The van der Waals surface area contributed by atoms with Gasteiger partial charge in [0.15, 0.2) is 0 Å². The van der Waals surface area contributed by atoms with Gasteiger partial charge in [0.2, 0.25) is 0 Å². The highest BCUT2D eigenvalue weighted by atomic mass is 35.5. The number of thioether (sulfide) groups is 1. The van der Waals surface area contributed by atoms with Crippen molar-refractivity contribution in [3.63, 3.8) is 0 Å². The van der Waals surface area contributed by atoms with E-state index in [0.29, 0.717) is 32.6 Å². The van der Waals surface area contributed by atoms with Crippen molar-refractivity contribution in [3.8, 4) is 0 Å². The molecule has 0 N–H and O–H groups in total. The van der Waals surface area contributed by atoms with Crippen molar-refractivity contribution < 1.29 is 14.3 Å². The number of carbonyl (C=O) groups is 2. The lowest BCUT2D eigenvalue weighted by atomic mass is 9.93. The first-order valence-electron chi connectivity index (χ1n) is 11.6. The van der Waals surface area contributed by atoms with E-state index in [-0.39, 0.29) is 24.5 Å². The number of amides is 1. The number of rotatable bonds is 6. The third-order valence-corrected chi connectivity index (χ3v) is 7.88. The molecule has 2 aromatic carbocycles. The second-order valence-corrected chi connectivity index (χ2v) is 10.2. The summed E-state index contributed by atoms with van der Waals surface area (Å²) in [6, 6.07) is 14.9. The van der Waals surface area contributed by atoms with Crippen LogP contribution in [0.2, 0.25) is 10.0 Å². The number of carbonyl (C=O) groups excluding carboxylic acids is 2. The second-order valence-electron chi connectivity index (χ2n) is 8.34. The molecule has 1 amide bonds. The maximum absolute atomic E-state index is 14.0. The molecule has 0 radical (unpaired) electrons. The van der Waals surface area contributed by atoms with Crippen LogP contribution in [0.5, 0.6) is 0 Å². The molecule has 0 saturated heterocycles. The summed E-state index contributed by atoms with van der Waals surface area (Å²) in [5.41, 5.74) is 1.94. The molecule has 0 aromatic heterocycles. The summed E-state index contributed by atoms with van der Waals surface area (Å²) >= 11 is 14.0. The van der Waals surface area contributed by atoms with Gasteiger partial charge in [0.1, 0.15) is 0 Å². The Kier molecular flexibility index (Phi) is 8.41. The van der Waals surface area contributed by atoms with Crippen molar-refractivity contribution in [2.75, 3.05) is 6.61 Å². The van der Waals surface area contributed by atoms with E-state index in [1.165, 1.54) is 11.8 Å². The van der Waals surface area contributed by atoms with Gasteiger partial charge in [-0.15, -0.1) is 0 Å². The van der Waals surface area contributed by atoms with Gasteiger partial charge in [0.05, 0.1) is 27.8 Å². The molecule has 0 atom stereocenters. The zero-order chi connectivity index (χ0) is 24.1. The zero-order valence-electron chi connectivity index (χ0n) is 19.1. The zero-order valence-corrected chi connectivity index (χ0v) is 21.4. The Morgan fingerprint density at radius 3 is 2.47 bits per heavy atom. The van der Waals surface area contributed by atoms with E-state index < -0.39 is 0 Å². The summed E-state index contributed by atoms with van der Waals surface area (Å²) in [6.45, 7) is 2.06. The van der Waals surface area contributed by atoms with Crippen LogP contribution in [-0.2, 0) is 9.53 Å². The smallest absolute Gasteiger partial charge is 0.336 e. The fourth-order valence-corrected chi connectivity index (χ4v) is 6.15. The molecule has 2 aliphatic rings. The van der Waals surface area contributed by atoms with Crippen LogP contribution in [0.25, 0.3) is 4.91 Å². The topological polar surface area (TPSA) is 46.6 Å². The quantitative estimate of drug-likeness (QED) is 0.369. The van der Waals surface area contributed by atoms with Crippen molar-refractivity contribution in [2.24, 2.45) is 0 Å². The lowest BCUT2D eigenvalue weighted by Crippen LogP contribution is -2.41. The minimum Gasteiger partial charge on any atom is -0.463 e. The van der Waals surface area contributed by atoms with Gasteiger partial charge < -0.3 is 4.74 Å². The maximum atomic E-state index is 14.0. The summed E-state index contributed by atoms with van der Waals surface area (Å²) in [7, 11) is 0. The number of ether oxygens (including phenoxy) is 1. The van der Waals surface area contributed by atoms with Crippen LogP contribution in [0.1, 0.15) is 61.4 Å². The molecule has 7 heteroatoms. The van der Waals surface area contributed by atoms with Crippen LogP contribution in [0.3, 0.4) is 0 Å². The minimum atomic E-state index is -0.385. The van der Waals surface area contributed by atoms with Crippen LogP contribution >= 0.6 is 35.0 Å². The van der Waals surface area contributed by atoms with E-state index in [1.54, 1.807) is 30.0 Å². The highest BCUT2D eigenvalue weighted by molar-refractivity contribution is 8.11. The van der Waals surface area contributed by atoms with Gasteiger partial charge in [0.25, 0.3) is 5.91 Å². The lowest BCUT2D eigenvalue weighted by molar-refractivity contribution is -0.138. The first-order chi connectivity index (χ1) is 16.5. The van der Waals surface area contributed by atoms with E-state index in [0.717, 1.165) is 42.6 Å². The molecule has 1 aliphatic heterocycles. The second kappa shape index (κ2) is 11.5. The van der Waals surface area contributed by atoms with Gasteiger partial charge in [-0.3, -0.25) is 9.69 Å². The Bertz CT molecular complexity index is 1120. The molecule has 0 bridgehead atoms. The predicted molar refractivity (Wildman–Crippen MR) is 140 cm³/mol. The molecular weight excluding hydrogens is 489 g/mol. The van der Waals surface area contributed by atoms with Gasteiger partial charge in [-0.05, 0) is 43.5 Å². The maximum Gasteiger partial charge on any atom is 0.336 e. The molecule has 2 aromatic rings. The van der Waals surface area contributed by atoms with Crippen molar-refractivity contribution in [3.05, 3.63) is 86.4 Å². The molecule has 178 valence electrons. The third-order valence-electron chi connectivity index (χ3n) is 6.08. The predicted octanol–water partition coefficient (Wildman–Crippen LogP) is 7.72. The SMILES string of the molecule is CCOC(=O)C1=C(N(C(=O)c2ccc(Cl)cc2Cl)C2CCCCC2)SC(c2ccccc2)=CC1. The van der Waals surface area contributed by atoms with E-state index in [1.807, 2.05) is 36.4 Å². The lowest BCUT2D eigenvalue weighted by Gasteiger charge is -2.38. The minimum absolute atomic E-state index is 0.0185. The molecule has 1 heterocycles. The summed E-state index contributed by atoms with van der Waals surface area (Å²) in [5, 5.41) is 1.41. The number of hydrogen-bond donors (Lipinski definition) is 0. The van der Waals surface area contributed by atoms with E-state index in [9.17, 15) is 9.59 Å².